The van der Waals surface area contributed by atoms with Crippen molar-refractivity contribution in [3.05, 3.63) is 0 Å². The largest absolute Gasteiger partial charge is 0.469 e. The Morgan fingerprint density at radius 2 is 1.97 bits per heavy atom. The van der Waals surface area contributed by atoms with Gasteiger partial charge in [-0.2, -0.15) is 0 Å². The van der Waals surface area contributed by atoms with Crippen LogP contribution in [-0.4, -0.2) is 30.6 Å². The quantitative estimate of drug-likeness (QED) is 0.595. The molecule has 0 aromatic rings. The molecule has 4 heteroatoms. The number of carbonyl (C=O) groups excluding carboxylic acids is 2. The van der Waals surface area contributed by atoms with Crippen molar-refractivity contribution in [3.8, 4) is 0 Å². The van der Waals surface area contributed by atoms with Crippen LogP contribution in [0.1, 0.15) is 91.4 Å². The lowest BCUT2D eigenvalue weighted by Gasteiger charge is -2.57. The topological polar surface area (TPSA) is 52.6 Å². The van der Waals surface area contributed by atoms with Crippen LogP contribution >= 0.6 is 0 Å². The van der Waals surface area contributed by atoms with E-state index in [1.807, 2.05) is 0 Å². The number of rotatable bonds is 4. The molecule has 164 valence electrons. The first-order chi connectivity index (χ1) is 13.8. The van der Waals surface area contributed by atoms with Crippen LogP contribution < -0.4 is 0 Å². The van der Waals surface area contributed by atoms with Crippen molar-refractivity contribution in [3.63, 3.8) is 0 Å². The number of fused-ring (bicyclic) bond motifs is 3. The number of carbonyl (C=O) groups is 2. The van der Waals surface area contributed by atoms with E-state index in [2.05, 4.69) is 20.8 Å². The minimum atomic E-state index is -0.489. The molecule has 0 aromatic heterocycles. The van der Waals surface area contributed by atoms with Crippen molar-refractivity contribution in [2.45, 2.75) is 103 Å². The Morgan fingerprint density at radius 3 is 2.72 bits per heavy atom. The number of methoxy groups -OCH3 is 1. The van der Waals surface area contributed by atoms with Gasteiger partial charge in [-0.3, -0.25) is 9.59 Å². The molecule has 0 N–H and O–H groups in total. The molecule has 4 nitrogen and oxygen atoms in total. The van der Waals surface area contributed by atoms with Crippen LogP contribution in [0.2, 0.25) is 0 Å². The molecule has 4 rings (SSSR count). The van der Waals surface area contributed by atoms with Gasteiger partial charge in [0.05, 0.1) is 13.2 Å². The first-order valence-corrected chi connectivity index (χ1v) is 12.1. The maximum absolute atomic E-state index is 13.7. The molecule has 4 aliphatic rings. The summed E-state index contributed by atoms with van der Waals surface area (Å²) < 4.78 is 11.6. The number of esters is 1. The Kier molecular flexibility index (Phi) is 5.87. The fourth-order valence-corrected chi connectivity index (χ4v) is 7.94. The number of Topliss-reactive ketones (excluding diaryl/α,β-unsaturated/α-hetero) is 1. The second kappa shape index (κ2) is 7.98. The van der Waals surface area contributed by atoms with E-state index < -0.39 is 5.60 Å². The Bertz CT molecular complexity index is 645. The van der Waals surface area contributed by atoms with Gasteiger partial charge in [-0.05, 0) is 86.4 Å². The summed E-state index contributed by atoms with van der Waals surface area (Å²) >= 11 is 0. The summed E-state index contributed by atoms with van der Waals surface area (Å²) in [6.07, 6.45) is 11.4. The fourth-order valence-electron chi connectivity index (χ4n) is 7.94. The summed E-state index contributed by atoms with van der Waals surface area (Å²) in [7, 11) is 1.46. The lowest BCUT2D eigenvalue weighted by molar-refractivity contribution is -0.213. The lowest BCUT2D eigenvalue weighted by atomic mass is 9.52. The molecule has 4 fully saturated rings. The third kappa shape index (κ3) is 3.58. The molecule has 0 amide bonds. The SMILES string of the molecule is COC(=O)CCC(C)C1CCC2C3CCC(C)CC4CCCC3(O4)C(=O)CC12C. The van der Waals surface area contributed by atoms with E-state index in [0.29, 0.717) is 48.2 Å². The highest BCUT2D eigenvalue weighted by molar-refractivity contribution is 5.89. The van der Waals surface area contributed by atoms with Crippen molar-refractivity contribution in [2.24, 2.45) is 35.0 Å². The molecule has 8 unspecified atom stereocenters. The molecule has 2 heterocycles. The summed E-state index contributed by atoms with van der Waals surface area (Å²) in [4.78, 5) is 25.4. The Labute approximate surface area is 176 Å². The lowest BCUT2D eigenvalue weighted by Crippen LogP contribution is -2.62. The molecule has 8 atom stereocenters. The average Bonchev–Trinajstić information content (AvgIpc) is 3.02. The highest BCUT2D eigenvalue weighted by atomic mass is 16.5. The molecule has 1 spiro atoms. The molecule has 2 saturated carbocycles. The normalized spacial score (nSPS) is 45.5. The minimum absolute atomic E-state index is 0.0568. The second-order valence-corrected chi connectivity index (χ2v) is 11.0. The molecule has 0 aromatic carbocycles. The third-order valence-corrected chi connectivity index (χ3v) is 9.39. The van der Waals surface area contributed by atoms with Crippen LogP contribution in [0.4, 0.5) is 0 Å². The molecule has 2 bridgehead atoms. The maximum atomic E-state index is 13.7. The molecule has 29 heavy (non-hydrogen) atoms. The number of ether oxygens (including phenoxy) is 2. The zero-order valence-electron chi connectivity index (χ0n) is 18.9. The van der Waals surface area contributed by atoms with E-state index in [1.165, 1.54) is 26.4 Å². The van der Waals surface area contributed by atoms with Crippen molar-refractivity contribution < 1.29 is 19.1 Å². The molecular formula is C25H40O4. The van der Waals surface area contributed by atoms with E-state index in [9.17, 15) is 9.59 Å². The van der Waals surface area contributed by atoms with Crippen LogP contribution in [0.15, 0.2) is 0 Å². The zero-order valence-corrected chi connectivity index (χ0v) is 18.9. The first kappa shape index (κ1) is 21.3. The van der Waals surface area contributed by atoms with Gasteiger partial charge in [0.1, 0.15) is 5.60 Å². The number of hydrogen-bond acceptors (Lipinski definition) is 4. The molecule has 2 saturated heterocycles. The van der Waals surface area contributed by atoms with E-state index in [-0.39, 0.29) is 17.5 Å². The van der Waals surface area contributed by atoms with Gasteiger partial charge in [-0.1, -0.05) is 27.2 Å². The Hall–Kier alpha value is -0.900. The monoisotopic (exact) mass is 404 g/mol. The van der Waals surface area contributed by atoms with Gasteiger partial charge < -0.3 is 9.47 Å². The summed E-state index contributed by atoms with van der Waals surface area (Å²) in [5, 5.41) is 0. The molecular weight excluding hydrogens is 364 g/mol. The summed E-state index contributed by atoms with van der Waals surface area (Å²) in [5.74, 6) is 2.89. The highest BCUT2D eigenvalue weighted by Gasteiger charge is 2.64. The van der Waals surface area contributed by atoms with Crippen LogP contribution in [-0.2, 0) is 19.1 Å². The fraction of sp³-hybridized carbons (Fsp3) is 0.920. The predicted octanol–water partition coefficient (Wildman–Crippen LogP) is 5.33. The maximum Gasteiger partial charge on any atom is 0.305 e. The Morgan fingerprint density at radius 1 is 1.21 bits per heavy atom. The zero-order chi connectivity index (χ0) is 20.8. The van der Waals surface area contributed by atoms with Crippen molar-refractivity contribution >= 4 is 11.8 Å². The van der Waals surface area contributed by atoms with Gasteiger partial charge in [0.25, 0.3) is 0 Å². The van der Waals surface area contributed by atoms with Gasteiger partial charge in [-0.25, -0.2) is 0 Å². The van der Waals surface area contributed by atoms with Gasteiger partial charge in [0, 0.05) is 12.8 Å². The van der Waals surface area contributed by atoms with E-state index >= 15 is 0 Å². The Balaban J connectivity index is 1.59. The highest BCUT2D eigenvalue weighted by Crippen LogP contribution is 2.64. The third-order valence-electron chi connectivity index (χ3n) is 9.39. The van der Waals surface area contributed by atoms with Crippen molar-refractivity contribution in [1.82, 2.24) is 0 Å². The van der Waals surface area contributed by atoms with Crippen molar-refractivity contribution in [2.75, 3.05) is 7.11 Å². The van der Waals surface area contributed by atoms with Crippen LogP contribution in [0, 0.1) is 35.0 Å². The standard InChI is InChI=1S/C25H40O4/c1-16-7-9-21-20-11-10-19(17(2)8-12-23(27)28-4)24(20,3)15-22(26)25(21)13-5-6-18(14-16)29-25/h16-21H,5-15H2,1-4H3. The van der Waals surface area contributed by atoms with Gasteiger partial charge in [-0.15, -0.1) is 0 Å². The van der Waals surface area contributed by atoms with Gasteiger partial charge in [0.2, 0.25) is 0 Å². The smallest absolute Gasteiger partial charge is 0.305 e. The average molecular weight is 405 g/mol. The summed E-state index contributed by atoms with van der Waals surface area (Å²) in [6, 6.07) is 0. The molecule has 2 aliphatic heterocycles. The summed E-state index contributed by atoms with van der Waals surface area (Å²) in [5.41, 5.74) is -0.432. The summed E-state index contributed by atoms with van der Waals surface area (Å²) in [6.45, 7) is 7.03. The minimum Gasteiger partial charge on any atom is -0.469 e. The van der Waals surface area contributed by atoms with E-state index in [1.54, 1.807) is 0 Å². The first-order valence-electron chi connectivity index (χ1n) is 12.1. The van der Waals surface area contributed by atoms with E-state index in [4.69, 9.17) is 9.47 Å². The van der Waals surface area contributed by atoms with Gasteiger partial charge in [0.15, 0.2) is 5.78 Å². The predicted molar refractivity (Wildman–Crippen MR) is 112 cm³/mol. The van der Waals surface area contributed by atoms with Crippen LogP contribution in [0.5, 0.6) is 0 Å². The van der Waals surface area contributed by atoms with Crippen LogP contribution in [0.25, 0.3) is 0 Å². The van der Waals surface area contributed by atoms with Crippen LogP contribution in [0.3, 0.4) is 0 Å². The second-order valence-electron chi connectivity index (χ2n) is 11.0. The number of hydrogen-bond donors (Lipinski definition) is 0. The molecule has 0 radical (unpaired) electrons. The molecule has 2 aliphatic carbocycles. The van der Waals surface area contributed by atoms with Gasteiger partial charge >= 0.3 is 5.97 Å². The van der Waals surface area contributed by atoms with Crippen molar-refractivity contribution in [1.29, 1.82) is 0 Å². The number of ketones is 1. The van der Waals surface area contributed by atoms with E-state index in [0.717, 1.165) is 38.5 Å².